The molecule has 1 heterocycles. The zero-order valence-electron chi connectivity index (χ0n) is 10.7. The van der Waals surface area contributed by atoms with E-state index in [2.05, 4.69) is 41.5 Å². The summed E-state index contributed by atoms with van der Waals surface area (Å²) in [6, 6.07) is 9.18. The molecule has 1 aromatic heterocycles. The molecule has 0 atom stereocenters. The minimum Gasteiger partial charge on any atom is -0.497 e. The van der Waals surface area contributed by atoms with E-state index in [0.717, 1.165) is 17.9 Å². The highest BCUT2D eigenvalue weighted by atomic mass is 16.5. The summed E-state index contributed by atoms with van der Waals surface area (Å²) < 4.78 is 7.53. The highest BCUT2D eigenvalue weighted by Gasteiger charge is 2.15. The van der Waals surface area contributed by atoms with Crippen LogP contribution in [0.15, 0.2) is 18.2 Å². The van der Waals surface area contributed by atoms with E-state index < -0.39 is 0 Å². The van der Waals surface area contributed by atoms with Crippen molar-refractivity contribution < 1.29 is 4.74 Å². The number of hydrogen-bond acceptors (Lipinski definition) is 1. The van der Waals surface area contributed by atoms with Crippen molar-refractivity contribution >= 4 is 10.9 Å². The van der Waals surface area contributed by atoms with Crippen LogP contribution in [0.1, 0.15) is 18.2 Å². The Morgan fingerprint density at radius 2 is 2.18 bits per heavy atom. The van der Waals surface area contributed by atoms with Gasteiger partial charge in [-0.25, -0.2) is 0 Å². The maximum Gasteiger partial charge on any atom is 0.313 e. The van der Waals surface area contributed by atoms with Gasteiger partial charge in [-0.2, -0.15) is 0 Å². The van der Waals surface area contributed by atoms with Gasteiger partial charge < -0.3 is 9.30 Å². The van der Waals surface area contributed by atoms with Crippen molar-refractivity contribution in [2.75, 3.05) is 14.2 Å². The van der Waals surface area contributed by atoms with E-state index >= 15 is 0 Å². The van der Waals surface area contributed by atoms with Crippen LogP contribution < -0.4 is 4.74 Å². The molecule has 0 fully saturated rings. The molecule has 2 rings (SSSR count). The van der Waals surface area contributed by atoms with Gasteiger partial charge in [0.05, 0.1) is 12.6 Å². The molecule has 3 nitrogen and oxygen atoms in total. The third kappa shape index (κ3) is 1.76. The third-order valence-corrected chi connectivity index (χ3v) is 3.07. The summed E-state index contributed by atoms with van der Waals surface area (Å²) in [6.07, 6.45) is 0. The summed E-state index contributed by atoms with van der Waals surface area (Å²) in [5.41, 5.74) is 3.45. The van der Waals surface area contributed by atoms with Crippen LogP contribution in [0.25, 0.3) is 15.7 Å². The highest BCUT2D eigenvalue weighted by molar-refractivity contribution is 5.89. The first kappa shape index (κ1) is 11.5. The minimum absolute atomic E-state index is 0.879. The van der Waals surface area contributed by atoms with Gasteiger partial charge in [-0.05, 0) is 26.0 Å². The number of benzene rings is 1. The first-order valence-corrected chi connectivity index (χ1v) is 5.74. The number of nitrogens with zero attached hydrogens (tertiary/aromatic N) is 2. The maximum absolute atomic E-state index is 5.27. The second-order valence-corrected chi connectivity index (χ2v) is 3.92. The van der Waals surface area contributed by atoms with Crippen molar-refractivity contribution in [3.8, 4) is 11.8 Å². The van der Waals surface area contributed by atoms with Crippen LogP contribution in [-0.2, 0) is 6.54 Å². The van der Waals surface area contributed by atoms with Gasteiger partial charge >= 0.3 is 6.07 Å². The normalized spacial score (nSPS) is 10.1. The Morgan fingerprint density at radius 3 is 2.76 bits per heavy atom. The lowest BCUT2D eigenvalue weighted by molar-refractivity contribution is 0.415. The summed E-state index contributed by atoms with van der Waals surface area (Å²) in [5.74, 6) is 0.879. The molecule has 0 unspecified atom stereocenters. The summed E-state index contributed by atoms with van der Waals surface area (Å²) in [6.45, 7) is 5.17. The van der Waals surface area contributed by atoms with Gasteiger partial charge in [0.1, 0.15) is 11.3 Å². The second kappa shape index (κ2) is 4.50. The van der Waals surface area contributed by atoms with Crippen molar-refractivity contribution in [3.63, 3.8) is 0 Å². The number of aryl methyl sites for hydroxylation is 1. The van der Waals surface area contributed by atoms with Crippen LogP contribution in [-0.4, -0.2) is 18.7 Å². The zero-order valence-corrected chi connectivity index (χ0v) is 10.7. The van der Waals surface area contributed by atoms with E-state index in [0.29, 0.717) is 0 Å². The Hall–Kier alpha value is -1.95. The van der Waals surface area contributed by atoms with Gasteiger partial charge in [-0.3, -0.25) is 0 Å². The first-order chi connectivity index (χ1) is 8.22. The van der Waals surface area contributed by atoms with Gasteiger partial charge in [-0.15, -0.1) is 0 Å². The summed E-state index contributed by atoms with van der Waals surface area (Å²) in [5, 5.41) is 1.18. The summed E-state index contributed by atoms with van der Waals surface area (Å²) >= 11 is 0. The Balaban J connectivity index is 2.83. The van der Waals surface area contributed by atoms with Crippen molar-refractivity contribution in [2.24, 2.45) is 0 Å². The fourth-order valence-electron chi connectivity index (χ4n) is 2.24. The molecule has 0 aliphatic heterocycles. The third-order valence-electron chi connectivity index (χ3n) is 3.07. The van der Waals surface area contributed by atoms with Crippen LogP contribution in [0, 0.1) is 13.0 Å². The van der Waals surface area contributed by atoms with Gasteiger partial charge in [0, 0.05) is 23.7 Å². The SMILES string of the molecule is CCn1c(C)c(C#[N+]C)c2ccc(OC)cc21. The number of ether oxygens (including phenoxy) is 1. The minimum atomic E-state index is 0.879. The summed E-state index contributed by atoms with van der Waals surface area (Å²) in [7, 11) is 3.44. The molecule has 2 aromatic rings. The van der Waals surface area contributed by atoms with Crippen LogP contribution in [0.5, 0.6) is 5.75 Å². The van der Waals surface area contributed by atoms with Crippen molar-refractivity contribution in [2.45, 2.75) is 20.4 Å². The molecule has 3 heteroatoms. The van der Waals surface area contributed by atoms with E-state index in [9.17, 15) is 0 Å². The Morgan fingerprint density at radius 1 is 1.41 bits per heavy atom. The maximum atomic E-state index is 5.27. The topological polar surface area (TPSA) is 18.5 Å². The fourth-order valence-corrected chi connectivity index (χ4v) is 2.24. The monoisotopic (exact) mass is 229 g/mol. The lowest BCUT2D eigenvalue weighted by atomic mass is 10.1. The molecule has 0 bridgehead atoms. The average Bonchev–Trinajstić information content (AvgIpc) is 2.62. The molecule has 17 heavy (non-hydrogen) atoms. The van der Waals surface area contributed by atoms with E-state index in [1.807, 2.05) is 6.07 Å². The van der Waals surface area contributed by atoms with Gasteiger partial charge in [-0.1, -0.05) is 4.85 Å². The number of aromatic nitrogens is 1. The molecule has 1 aromatic carbocycles. The molecule has 0 aliphatic rings. The van der Waals surface area contributed by atoms with Crippen LogP contribution in [0.2, 0.25) is 0 Å². The number of methoxy groups -OCH3 is 1. The predicted octanol–water partition coefficient (Wildman–Crippen LogP) is 3.29. The molecule has 0 amide bonds. The van der Waals surface area contributed by atoms with Crippen molar-refractivity contribution in [3.05, 3.63) is 34.3 Å². The van der Waals surface area contributed by atoms with E-state index in [1.54, 1.807) is 14.2 Å². The Kier molecular flexibility index (Phi) is 3.06. The van der Waals surface area contributed by atoms with Crippen LogP contribution in [0.4, 0.5) is 0 Å². The highest BCUT2D eigenvalue weighted by Crippen LogP contribution is 2.28. The standard InChI is InChI=1S/C14H17N2O/c1-5-16-10(2)13(9-15-3)12-7-6-11(17-4)8-14(12)16/h6-8H,5H2,1-4H3/q+1. The average molecular weight is 229 g/mol. The van der Waals surface area contributed by atoms with E-state index in [-0.39, 0.29) is 0 Å². The van der Waals surface area contributed by atoms with Gasteiger partial charge in [0.15, 0.2) is 0 Å². The Labute approximate surface area is 101 Å². The molecule has 88 valence electrons. The molecule has 0 radical (unpaired) electrons. The molecule has 0 saturated heterocycles. The molecule has 0 saturated carbocycles. The first-order valence-electron chi connectivity index (χ1n) is 5.74. The van der Waals surface area contributed by atoms with Crippen LogP contribution >= 0.6 is 0 Å². The van der Waals surface area contributed by atoms with Gasteiger partial charge in [0.2, 0.25) is 0 Å². The van der Waals surface area contributed by atoms with Crippen LogP contribution in [0.3, 0.4) is 0 Å². The largest absolute Gasteiger partial charge is 0.497 e. The number of hydrogen-bond donors (Lipinski definition) is 0. The predicted molar refractivity (Wildman–Crippen MR) is 71.2 cm³/mol. The van der Waals surface area contributed by atoms with Crippen molar-refractivity contribution in [1.82, 2.24) is 4.57 Å². The van der Waals surface area contributed by atoms with E-state index in [4.69, 9.17) is 4.74 Å². The number of rotatable bonds is 2. The van der Waals surface area contributed by atoms with Crippen molar-refractivity contribution in [1.29, 1.82) is 0 Å². The molecule has 0 aliphatic carbocycles. The lowest BCUT2D eigenvalue weighted by Crippen LogP contribution is -1.96. The zero-order chi connectivity index (χ0) is 12.4. The lowest BCUT2D eigenvalue weighted by Gasteiger charge is -2.04. The molecular formula is C14H17N2O+. The second-order valence-electron chi connectivity index (χ2n) is 3.92. The number of fused-ring (bicyclic) bond motifs is 1. The quantitative estimate of drug-likeness (QED) is 0.773. The van der Waals surface area contributed by atoms with Gasteiger partial charge in [0.25, 0.3) is 7.05 Å². The van der Waals surface area contributed by atoms with E-state index in [1.165, 1.54) is 16.6 Å². The molecule has 0 N–H and O–H groups in total. The molecule has 0 spiro atoms. The Bertz CT molecular complexity index is 614. The smallest absolute Gasteiger partial charge is 0.313 e. The molecular weight excluding hydrogens is 212 g/mol. The fraction of sp³-hybridized carbons (Fsp3) is 0.357. The summed E-state index contributed by atoms with van der Waals surface area (Å²) in [4.78, 5) is 4.01.